The number of hydrogen-bond donors (Lipinski definition) is 4. The quantitative estimate of drug-likeness (QED) is 0.376. The smallest absolute Gasteiger partial charge is 0.255 e. The summed E-state index contributed by atoms with van der Waals surface area (Å²) in [5.74, 6) is -2.78. The van der Waals surface area contributed by atoms with E-state index < -0.39 is 54.5 Å². The number of nitrogens with zero attached hydrogens (tertiary/aromatic N) is 2. The molecule has 2 aliphatic rings. The molecule has 0 saturated carbocycles. The van der Waals surface area contributed by atoms with Crippen LogP contribution in [-0.2, 0) is 19.2 Å². The molecular weight excluding hydrogens is 480 g/mol. The van der Waals surface area contributed by atoms with Gasteiger partial charge in [-0.1, -0.05) is 19.1 Å². The number of para-hydroxylation sites is 1. The van der Waals surface area contributed by atoms with Crippen molar-refractivity contribution in [3.63, 3.8) is 0 Å². The average Bonchev–Trinajstić information content (AvgIpc) is 3.33. The van der Waals surface area contributed by atoms with Gasteiger partial charge in [0.2, 0.25) is 23.6 Å². The molecule has 0 unspecified atom stereocenters. The predicted molar refractivity (Wildman–Crippen MR) is 134 cm³/mol. The molecule has 0 aromatic heterocycles. The third-order valence-corrected chi connectivity index (χ3v) is 6.66. The van der Waals surface area contributed by atoms with E-state index in [4.69, 9.17) is 10.5 Å². The van der Waals surface area contributed by atoms with Gasteiger partial charge in [0.25, 0.3) is 5.91 Å². The molecule has 0 bridgehead atoms. The molecule has 202 valence electrons. The molecule has 0 radical (unpaired) electrons. The second-order valence-electron chi connectivity index (χ2n) is 9.29. The molecule has 12 heteroatoms. The first-order valence-electron chi connectivity index (χ1n) is 12.6. The third-order valence-electron chi connectivity index (χ3n) is 6.66. The van der Waals surface area contributed by atoms with Gasteiger partial charge in [-0.2, -0.15) is 0 Å². The van der Waals surface area contributed by atoms with Crippen molar-refractivity contribution in [2.45, 2.75) is 50.7 Å². The number of likely N-dealkylation sites (N-methyl/N-ethyl adjacent to an activating group) is 2. The largest absolute Gasteiger partial charge is 0.491 e. The highest BCUT2D eigenvalue weighted by Gasteiger charge is 2.31. The van der Waals surface area contributed by atoms with Gasteiger partial charge in [0.05, 0.1) is 24.9 Å². The molecular formula is C25H36N6O6. The lowest BCUT2D eigenvalue weighted by atomic mass is 10.1. The number of nitrogens with one attached hydrogen (secondary N) is 3. The van der Waals surface area contributed by atoms with Gasteiger partial charge in [0.15, 0.2) is 0 Å². The maximum Gasteiger partial charge on any atom is 0.255 e. The number of rotatable bonds is 6. The van der Waals surface area contributed by atoms with Gasteiger partial charge in [-0.25, -0.2) is 0 Å². The highest BCUT2D eigenvalue weighted by molar-refractivity contribution is 6.01. The summed E-state index contributed by atoms with van der Waals surface area (Å²) in [7, 11) is 1.51. The van der Waals surface area contributed by atoms with Crippen molar-refractivity contribution in [1.29, 1.82) is 0 Å². The summed E-state index contributed by atoms with van der Waals surface area (Å²) in [6.45, 7) is 4.46. The molecule has 1 aromatic rings. The monoisotopic (exact) mass is 516 g/mol. The summed E-state index contributed by atoms with van der Waals surface area (Å²) >= 11 is 0. The lowest BCUT2D eigenvalue weighted by molar-refractivity contribution is -0.137. The minimum atomic E-state index is -1.22. The number of amides is 5. The van der Waals surface area contributed by atoms with Gasteiger partial charge < -0.3 is 31.3 Å². The fraction of sp³-hybridized carbons (Fsp3) is 0.560. The third kappa shape index (κ3) is 7.66. The summed E-state index contributed by atoms with van der Waals surface area (Å²) in [6, 6.07) is 4.28. The maximum atomic E-state index is 13.2. The van der Waals surface area contributed by atoms with Crippen molar-refractivity contribution >= 4 is 29.5 Å². The molecule has 3 rings (SSSR count). The van der Waals surface area contributed by atoms with Crippen LogP contribution in [0.25, 0.3) is 0 Å². The zero-order valence-electron chi connectivity index (χ0n) is 21.3. The van der Waals surface area contributed by atoms with E-state index in [0.29, 0.717) is 6.54 Å². The Morgan fingerprint density at radius 1 is 1.16 bits per heavy atom. The van der Waals surface area contributed by atoms with Crippen LogP contribution in [0.2, 0.25) is 0 Å². The molecule has 2 heterocycles. The van der Waals surface area contributed by atoms with Crippen LogP contribution in [0, 0.1) is 0 Å². The van der Waals surface area contributed by atoms with Crippen LogP contribution in [0.5, 0.6) is 5.75 Å². The second-order valence-corrected chi connectivity index (χ2v) is 9.29. The van der Waals surface area contributed by atoms with Gasteiger partial charge >= 0.3 is 0 Å². The average molecular weight is 517 g/mol. The van der Waals surface area contributed by atoms with Crippen molar-refractivity contribution < 1.29 is 28.7 Å². The first-order chi connectivity index (χ1) is 17.7. The minimum Gasteiger partial charge on any atom is -0.491 e. The minimum absolute atomic E-state index is 0.0585. The molecule has 5 amide bonds. The van der Waals surface area contributed by atoms with E-state index in [-0.39, 0.29) is 30.5 Å². The first-order valence-corrected chi connectivity index (χ1v) is 12.6. The van der Waals surface area contributed by atoms with Crippen molar-refractivity contribution in [1.82, 2.24) is 25.8 Å². The van der Waals surface area contributed by atoms with E-state index in [0.717, 1.165) is 25.9 Å². The molecule has 3 atom stereocenters. The number of fused-ring (bicyclic) bond motifs is 1. The standard InChI is InChI=1S/C25H36N6O6/c1-3-31-10-6-7-16(31)15-27-24(35)18-14-22(33)28-19(13-21(26)32)25(36)30(2)11-12-37-20-9-5-4-8-17(20)23(34)29-18/h4-5,8-9,16,18-19H,3,6-7,10-15H2,1-2H3,(H2,26,32)(H,27,35)(H,28,33)(H,29,34)/t16-,18-,19-/m0/s1. The van der Waals surface area contributed by atoms with Crippen LogP contribution < -0.4 is 26.4 Å². The van der Waals surface area contributed by atoms with E-state index in [1.807, 2.05) is 0 Å². The van der Waals surface area contributed by atoms with E-state index in [1.165, 1.54) is 11.9 Å². The van der Waals surface area contributed by atoms with Crippen LogP contribution in [0.1, 0.15) is 43.0 Å². The Kier molecular flexibility index (Phi) is 9.84. The Labute approximate surface area is 216 Å². The molecule has 2 aliphatic heterocycles. The Bertz CT molecular complexity index is 1020. The Balaban J connectivity index is 1.84. The molecule has 1 fully saturated rings. The zero-order chi connectivity index (χ0) is 26.9. The fourth-order valence-electron chi connectivity index (χ4n) is 4.62. The number of nitrogens with two attached hydrogens (primary N) is 1. The lowest BCUT2D eigenvalue weighted by Crippen LogP contribution is -2.54. The molecule has 0 aliphatic carbocycles. The highest BCUT2D eigenvalue weighted by atomic mass is 16.5. The number of primary amides is 1. The number of carbonyl (C=O) groups excluding carboxylic acids is 5. The molecule has 12 nitrogen and oxygen atoms in total. The highest BCUT2D eigenvalue weighted by Crippen LogP contribution is 2.19. The zero-order valence-corrected chi connectivity index (χ0v) is 21.3. The van der Waals surface area contributed by atoms with Gasteiger partial charge in [0, 0.05) is 19.6 Å². The normalized spacial score (nSPS) is 23.8. The maximum absolute atomic E-state index is 13.2. The SMILES string of the molecule is CCN1CCC[C@H]1CNC(=O)[C@@H]1CC(=O)N[C@@H](CC(N)=O)C(=O)N(C)CCOc2ccccc2C(=O)N1. The van der Waals surface area contributed by atoms with E-state index in [2.05, 4.69) is 27.8 Å². The van der Waals surface area contributed by atoms with Crippen molar-refractivity contribution in [2.75, 3.05) is 39.8 Å². The Morgan fingerprint density at radius 3 is 2.65 bits per heavy atom. The first kappa shape index (κ1) is 27.9. The summed E-state index contributed by atoms with van der Waals surface area (Å²) in [6.07, 6.45) is 1.14. The van der Waals surface area contributed by atoms with Gasteiger partial charge in [-0.05, 0) is 38.1 Å². The van der Waals surface area contributed by atoms with Crippen LogP contribution in [-0.4, -0.2) is 97.3 Å². The summed E-state index contributed by atoms with van der Waals surface area (Å²) < 4.78 is 5.75. The number of likely N-dealkylation sites (tertiary alicyclic amines) is 1. The van der Waals surface area contributed by atoms with Crippen LogP contribution in [0.4, 0.5) is 0 Å². The van der Waals surface area contributed by atoms with Gasteiger partial charge in [0.1, 0.15) is 24.4 Å². The summed E-state index contributed by atoms with van der Waals surface area (Å²) in [4.78, 5) is 67.3. The summed E-state index contributed by atoms with van der Waals surface area (Å²) in [5.41, 5.74) is 5.50. The summed E-state index contributed by atoms with van der Waals surface area (Å²) in [5, 5.41) is 8.01. The number of ether oxygens (including phenoxy) is 1. The molecule has 37 heavy (non-hydrogen) atoms. The Hall–Kier alpha value is -3.67. The molecule has 1 aromatic carbocycles. The van der Waals surface area contributed by atoms with Crippen molar-refractivity contribution in [3.8, 4) is 5.75 Å². The molecule has 5 N–H and O–H groups in total. The predicted octanol–water partition coefficient (Wildman–Crippen LogP) is -1.01. The number of hydrogen-bond acceptors (Lipinski definition) is 7. The fourth-order valence-corrected chi connectivity index (χ4v) is 4.62. The Morgan fingerprint density at radius 2 is 1.92 bits per heavy atom. The molecule has 1 saturated heterocycles. The van der Waals surface area contributed by atoms with Crippen LogP contribution >= 0.6 is 0 Å². The number of benzene rings is 1. The lowest BCUT2D eigenvalue weighted by Gasteiger charge is -2.27. The number of carbonyl (C=O) groups is 5. The van der Waals surface area contributed by atoms with Crippen LogP contribution in [0.15, 0.2) is 24.3 Å². The van der Waals surface area contributed by atoms with E-state index in [1.54, 1.807) is 24.3 Å². The van der Waals surface area contributed by atoms with E-state index in [9.17, 15) is 24.0 Å². The second kappa shape index (κ2) is 13.0. The topological polar surface area (TPSA) is 163 Å². The molecule has 0 spiro atoms. The van der Waals surface area contributed by atoms with Gasteiger partial charge in [-0.15, -0.1) is 0 Å². The van der Waals surface area contributed by atoms with Crippen molar-refractivity contribution in [2.24, 2.45) is 5.73 Å². The van der Waals surface area contributed by atoms with Gasteiger partial charge in [-0.3, -0.25) is 28.9 Å². The van der Waals surface area contributed by atoms with E-state index >= 15 is 0 Å². The van der Waals surface area contributed by atoms with Crippen molar-refractivity contribution in [3.05, 3.63) is 29.8 Å². The van der Waals surface area contributed by atoms with Crippen LogP contribution in [0.3, 0.4) is 0 Å².